The quantitative estimate of drug-likeness (QED) is 0.639. The molecule has 3 heteroatoms. The minimum absolute atomic E-state index is 0.101. The Kier molecular flexibility index (Phi) is 2.47. The Morgan fingerprint density at radius 2 is 2.25 bits per heavy atom. The Morgan fingerprint density at radius 3 is 2.58 bits per heavy atom. The van der Waals surface area contributed by atoms with Crippen LogP contribution >= 0.6 is 0 Å². The van der Waals surface area contributed by atoms with Gasteiger partial charge in [-0.1, -0.05) is 13.8 Å². The van der Waals surface area contributed by atoms with Gasteiger partial charge in [0.15, 0.2) is 0 Å². The minimum Gasteiger partial charge on any atom is -0.386 e. The highest BCUT2D eigenvalue weighted by Crippen LogP contribution is 2.40. The van der Waals surface area contributed by atoms with Crippen molar-refractivity contribution in [3.05, 3.63) is 0 Å². The van der Waals surface area contributed by atoms with Crippen molar-refractivity contribution in [3.8, 4) is 0 Å². The second-order valence-corrected chi connectivity index (χ2v) is 4.28. The van der Waals surface area contributed by atoms with E-state index in [1.807, 2.05) is 20.8 Å². The molecule has 1 rings (SSSR count). The van der Waals surface area contributed by atoms with Crippen molar-refractivity contribution in [3.63, 3.8) is 0 Å². The Balaban J connectivity index is 2.83. The first-order chi connectivity index (χ1) is 5.44. The van der Waals surface area contributed by atoms with Crippen LogP contribution in [0.1, 0.15) is 27.2 Å². The monoisotopic (exact) mass is 173 g/mol. The summed E-state index contributed by atoms with van der Waals surface area (Å²) in [4.78, 5) is 0. The predicted molar refractivity (Wildman–Crippen MR) is 47.8 cm³/mol. The van der Waals surface area contributed by atoms with E-state index in [4.69, 9.17) is 10.5 Å². The maximum absolute atomic E-state index is 10.3. The number of aliphatic hydroxyl groups is 1. The number of nitrogens with two attached hydrogens (primary N) is 1. The van der Waals surface area contributed by atoms with Gasteiger partial charge in [-0.2, -0.15) is 0 Å². The van der Waals surface area contributed by atoms with Crippen molar-refractivity contribution in [2.45, 2.75) is 38.9 Å². The van der Waals surface area contributed by atoms with Gasteiger partial charge >= 0.3 is 0 Å². The lowest BCUT2D eigenvalue weighted by molar-refractivity contribution is -0.103. The first-order valence-electron chi connectivity index (χ1n) is 4.48. The molecule has 2 unspecified atom stereocenters. The lowest BCUT2D eigenvalue weighted by Crippen LogP contribution is -2.53. The lowest BCUT2D eigenvalue weighted by atomic mass is 9.71. The smallest absolute Gasteiger partial charge is 0.0989 e. The zero-order valence-corrected chi connectivity index (χ0v) is 8.13. The molecule has 1 heterocycles. The summed E-state index contributed by atoms with van der Waals surface area (Å²) in [5.41, 5.74) is 4.61. The van der Waals surface area contributed by atoms with Crippen LogP contribution in [0, 0.1) is 5.41 Å². The van der Waals surface area contributed by atoms with E-state index in [2.05, 4.69) is 0 Å². The van der Waals surface area contributed by atoms with E-state index in [9.17, 15) is 5.11 Å². The molecule has 1 aliphatic rings. The molecule has 2 atom stereocenters. The molecule has 12 heavy (non-hydrogen) atoms. The van der Waals surface area contributed by atoms with Crippen molar-refractivity contribution < 1.29 is 9.84 Å². The molecule has 3 nitrogen and oxygen atoms in total. The fraction of sp³-hybridized carbons (Fsp3) is 1.00. The van der Waals surface area contributed by atoms with E-state index in [0.29, 0.717) is 19.6 Å². The van der Waals surface area contributed by atoms with Crippen molar-refractivity contribution >= 4 is 0 Å². The molecule has 0 bridgehead atoms. The van der Waals surface area contributed by atoms with Crippen molar-refractivity contribution in [1.29, 1.82) is 0 Å². The van der Waals surface area contributed by atoms with Gasteiger partial charge in [-0.3, -0.25) is 0 Å². The Hall–Kier alpha value is -0.120. The van der Waals surface area contributed by atoms with Gasteiger partial charge in [0, 0.05) is 25.0 Å². The zero-order chi connectivity index (χ0) is 9.41. The van der Waals surface area contributed by atoms with Crippen LogP contribution in [0.25, 0.3) is 0 Å². The van der Waals surface area contributed by atoms with Gasteiger partial charge in [-0.25, -0.2) is 0 Å². The largest absolute Gasteiger partial charge is 0.386 e. The normalized spacial score (nSPS) is 37.2. The molecule has 0 spiro atoms. The summed E-state index contributed by atoms with van der Waals surface area (Å²) in [6.07, 6.45) is 0.592. The van der Waals surface area contributed by atoms with Crippen molar-refractivity contribution in [2.24, 2.45) is 11.1 Å². The predicted octanol–water partition coefficient (Wildman–Crippen LogP) is 0.511. The van der Waals surface area contributed by atoms with E-state index < -0.39 is 5.60 Å². The topological polar surface area (TPSA) is 55.5 Å². The number of ether oxygens (including phenoxy) is 1. The van der Waals surface area contributed by atoms with Gasteiger partial charge in [0.05, 0.1) is 11.7 Å². The van der Waals surface area contributed by atoms with Crippen LogP contribution in [-0.4, -0.2) is 30.0 Å². The molecule has 0 aliphatic carbocycles. The molecule has 1 saturated heterocycles. The molecule has 1 aliphatic heterocycles. The Labute approximate surface area is 73.9 Å². The second kappa shape index (κ2) is 2.98. The molecule has 1 fully saturated rings. The van der Waals surface area contributed by atoms with Gasteiger partial charge in [0.1, 0.15) is 0 Å². The molecular weight excluding hydrogens is 154 g/mol. The standard InChI is InChI=1S/C9H19NO2/c1-7-9(11,4-5-12-7)8(2,3)6-10/h7,11H,4-6,10H2,1-3H3. The van der Waals surface area contributed by atoms with E-state index in [1.165, 1.54) is 0 Å². The van der Waals surface area contributed by atoms with Gasteiger partial charge in [-0.05, 0) is 6.92 Å². The minimum atomic E-state index is -0.748. The molecule has 72 valence electrons. The molecule has 0 aromatic carbocycles. The Bertz CT molecular complexity index is 170. The van der Waals surface area contributed by atoms with Crippen LogP contribution in [0.2, 0.25) is 0 Å². The van der Waals surface area contributed by atoms with Gasteiger partial charge < -0.3 is 15.6 Å². The van der Waals surface area contributed by atoms with Crippen LogP contribution in [0.3, 0.4) is 0 Å². The fourth-order valence-corrected chi connectivity index (χ4v) is 1.80. The van der Waals surface area contributed by atoms with Crippen LogP contribution in [0.4, 0.5) is 0 Å². The summed E-state index contributed by atoms with van der Waals surface area (Å²) in [7, 11) is 0. The third kappa shape index (κ3) is 1.26. The second-order valence-electron chi connectivity index (χ2n) is 4.28. The summed E-state index contributed by atoms with van der Waals surface area (Å²) in [5, 5.41) is 10.3. The molecular formula is C9H19NO2. The van der Waals surface area contributed by atoms with Gasteiger partial charge in [0.2, 0.25) is 0 Å². The van der Waals surface area contributed by atoms with Gasteiger partial charge in [-0.15, -0.1) is 0 Å². The first-order valence-corrected chi connectivity index (χ1v) is 4.48. The van der Waals surface area contributed by atoms with E-state index in [-0.39, 0.29) is 11.5 Å². The van der Waals surface area contributed by atoms with E-state index in [0.717, 1.165) is 0 Å². The molecule has 0 radical (unpaired) electrons. The van der Waals surface area contributed by atoms with Crippen LogP contribution in [0.5, 0.6) is 0 Å². The Morgan fingerprint density at radius 1 is 1.67 bits per heavy atom. The lowest BCUT2D eigenvalue weighted by Gasteiger charge is -2.41. The summed E-state index contributed by atoms with van der Waals surface area (Å²) >= 11 is 0. The highest BCUT2D eigenvalue weighted by Gasteiger charge is 2.50. The maximum Gasteiger partial charge on any atom is 0.0989 e. The van der Waals surface area contributed by atoms with Crippen molar-refractivity contribution in [1.82, 2.24) is 0 Å². The summed E-state index contributed by atoms with van der Waals surface area (Å²) in [6, 6.07) is 0. The maximum atomic E-state index is 10.3. The molecule has 3 N–H and O–H groups in total. The summed E-state index contributed by atoms with van der Waals surface area (Å²) < 4.78 is 5.35. The SMILES string of the molecule is CC1OCCC1(O)C(C)(C)CN. The zero-order valence-electron chi connectivity index (χ0n) is 8.13. The van der Waals surface area contributed by atoms with Gasteiger partial charge in [0.25, 0.3) is 0 Å². The van der Waals surface area contributed by atoms with E-state index >= 15 is 0 Å². The number of hydrogen-bond donors (Lipinski definition) is 2. The average Bonchev–Trinajstić information content (AvgIpc) is 2.34. The highest BCUT2D eigenvalue weighted by atomic mass is 16.5. The first kappa shape index (κ1) is 9.96. The highest BCUT2D eigenvalue weighted by molar-refractivity contribution is 5.01. The summed E-state index contributed by atoms with van der Waals surface area (Å²) in [5.74, 6) is 0. The van der Waals surface area contributed by atoms with Crippen molar-refractivity contribution in [2.75, 3.05) is 13.2 Å². The van der Waals surface area contributed by atoms with E-state index in [1.54, 1.807) is 0 Å². The summed E-state index contributed by atoms with van der Waals surface area (Å²) in [6.45, 7) is 7.00. The molecule has 0 amide bonds. The van der Waals surface area contributed by atoms with Crippen LogP contribution in [0.15, 0.2) is 0 Å². The number of rotatable bonds is 2. The average molecular weight is 173 g/mol. The van der Waals surface area contributed by atoms with Crippen LogP contribution in [-0.2, 0) is 4.74 Å². The molecule has 0 aromatic rings. The third-order valence-electron chi connectivity index (χ3n) is 3.21. The van der Waals surface area contributed by atoms with Crippen LogP contribution < -0.4 is 5.73 Å². The molecule has 0 saturated carbocycles. The third-order valence-corrected chi connectivity index (χ3v) is 3.21. The number of hydrogen-bond acceptors (Lipinski definition) is 3. The fourth-order valence-electron chi connectivity index (χ4n) is 1.80. The molecule has 0 aromatic heterocycles.